The summed E-state index contributed by atoms with van der Waals surface area (Å²) in [4.78, 5) is 0. The summed E-state index contributed by atoms with van der Waals surface area (Å²) in [6.45, 7) is 65.0. The highest BCUT2D eigenvalue weighted by Crippen LogP contribution is 2.92. The smallest absolute Gasteiger partial charge is 0.215 e. The van der Waals surface area contributed by atoms with Crippen molar-refractivity contribution in [3.8, 4) is 0 Å². The lowest BCUT2D eigenvalue weighted by atomic mass is 9.89. The molecule has 10 heteroatoms. The summed E-state index contributed by atoms with van der Waals surface area (Å²) in [5, 5.41) is 7.21. The fourth-order valence-electron chi connectivity index (χ4n) is 14.4. The molecule has 0 amide bonds. The van der Waals surface area contributed by atoms with Crippen molar-refractivity contribution in [1.82, 2.24) is 18.3 Å². The first-order valence-electron chi connectivity index (χ1n) is 31.8. The molecule has 4 aromatic rings. The van der Waals surface area contributed by atoms with Crippen LogP contribution < -0.4 is 20.7 Å². The molecule has 1 aliphatic rings. The molecule has 0 bridgehead atoms. The summed E-state index contributed by atoms with van der Waals surface area (Å²) < 4.78 is 12.3. The zero-order chi connectivity index (χ0) is 61.3. The van der Waals surface area contributed by atoms with Gasteiger partial charge < -0.3 is 18.3 Å². The molecule has 0 spiro atoms. The maximum atomic E-state index is 3.07. The number of nitrogens with zero attached hydrogens (tertiary/aromatic N) is 4. The van der Waals surface area contributed by atoms with Crippen molar-refractivity contribution in [3.63, 3.8) is 0 Å². The normalized spacial score (nSPS) is 19.8. The second-order valence-corrected chi connectivity index (χ2v) is 75.7. The van der Waals surface area contributed by atoms with E-state index < -0.39 is 44.1 Å². The molecule has 1 fully saturated rings. The van der Waals surface area contributed by atoms with Crippen LogP contribution in [0.4, 0.5) is 0 Å². The summed E-state index contributed by atoms with van der Waals surface area (Å²) in [7, 11) is 9.25. The molecule has 4 nitrogen and oxygen atoms in total. The van der Waals surface area contributed by atoms with Crippen molar-refractivity contribution in [1.29, 1.82) is 0 Å². The van der Waals surface area contributed by atoms with Gasteiger partial charge in [0.1, 0.15) is 0 Å². The Kier molecular flexibility index (Phi) is 22.3. The summed E-state index contributed by atoms with van der Waals surface area (Å²) in [5.41, 5.74) is 19.1. The minimum absolute atomic E-state index is 0.365. The maximum Gasteiger partial charge on any atom is 0.215 e. The molecule has 0 aromatic heterocycles. The topological polar surface area (TPSA) is 13.0 Å². The van der Waals surface area contributed by atoms with Gasteiger partial charge in [0.25, 0.3) is 0 Å². The van der Waals surface area contributed by atoms with Crippen LogP contribution in [0.2, 0.25) is 13.1 Å². The number of benzene rings is 4. The van der Waals surface area contributed by atoms with Crippen LogP contribution in [0.15, 0.2) is 48.5 Å². The van der Waals surface area contributed by atoms with Gasteiger partial charge in [-0.3, -0.25) is 0 Å². The minimum atomic E-state index is -3.17. The van der Waals surface area contributed by atoms with E-state index in [9.17, 15) is 0 Å². The second kappa shape index (κ2) is 25.8. The van der Waals surface area contributed by atoms with E-state index in [1.165, 1.54) is 22.3 Å². The zero-order valence-corrected chi connectivity index (χ0v) is 64.0. The molecule has 1 saturated heterocycles. The van der Waals surface area contributed by atoms with Crippen molar-refractivity contribution >= 4 is 64.8 Å². The number of hydrogen-bond acceptors (Lipinski definition) is 4. The van der Waals surface area contributed by atoms with Crippen molar-refractivity contribution in [2.75, 3.05) is 56.4 Å². The standard InChI is InChI=1S/C70H122N4P2Si4/c1-43(2)55-35-59(47(9)10)67(60(36-55)48(11)12)79(73(29)30,68-61(49(13)14)37-56(44(3)4)38-62(68)50(15)16)75-77(33,71(25)26)76(78(75,34)72(27)28)80(74(31)32,69-63(51(17)18)39-57(45(5)6)40-64(69)52(19)20)70-65(53(21)22)41-58(46(7)8)42-66(70)54(23)24/h35-54H,1-34H3. The molecule has 4 aromatic carbocycles. The average molecular weight is 1190 g/mol. The van der Waals surface area contributed by atoms with E-state index in [1.807, 2.05) is 0 Å². The van der Waals surface area contributed by atoms with Crippen molar-refractivity contribution < 1.29 is 0 Å². The molecule has 5 rings (SSSR count). The Labute approximate surface area is 501 Å². The quantitative estimate of drug-likeness (QED) is 0.0574. The lowest BCUT2D eigenvalue weighted by Gasteiger charge is -2.77. The zero-order valence-electron chi connectivity index (χ0n) is 58.2. The monoisotopic (exact) mass is 1190 g/mol. The van der Waals surface area contributed by atoms with E-state index in [-0.39, 0.29) is 0 Å². The van der Waals surface area contributed by atoms with Crippen LogP contribution in [0.25, 0.3) is 0 Å². The fourth-order valence-corrected chi connectivity index (χ4v) is 192. The van der Waals surface area contributed by atoms with E-state index >= 15 is 0 Å². The molecular weight excluding hydrogens is 1070 g/mol. The first kappa shape index (κ1) is 69.2. The van der Waals surface area contributed by atoms with Gasteiger partial charge in [0, 0.05) is 0 Å². The van der Waals surface area contributed by atoms with Crippen LogP contribution in [0.5, 0.6) is 0 Å². The highest BCUT2D eigenvalue weighted by molar-refractivity contribution is 8.80. The van der Waals surface area contributed by atoms with Crippen LogP contribution >= 0.6 is 13.1 Å². The van der Waals surface area contributed by atoms with E-state index in [2.05, 4.69) is 302 Å². The van der Waals surface area contributed by atoms with Gasteiger partial charge >= 0.3 is 0 Å². The Hall–Kier alpha value is -1.55. The third-order valence-electron chi connectivity index (χ3n) is 19.3. The largest absolute Gasteiger partial charge is 0.323 e. The molecule has 1 aliphatic heterocycles. The van der Waals surface area contributed by atoms with E-state index in [0.29, 0.717) is 71.0 Å². The molecular formula is C70H122N4P2Si4. The lowest BCUT2D eigenvalue weighted by molar-refractivity contribution is 0.631. The Morgan fingerprint density at radius 1 is 0.263 bits per heavy atom. The predicted molar refractivity (Wildman–Crippen MR) is 377 cm³/mol. The molecule has 80 heavy (non-hydrogen) atoms. The van der Waals surface area contributed by atoms with Gasteiger partial charge in [0.05, 0.1) is 0 Å². The van der Waals surface area contributed by atoms with Gasteiger partial charge in [-0.15, -0.1) is 0 Å². The van der Waals surface area contributed by atoms with E-state index in [4.69, 9.17) is 0 Å². The van der Waals surface area contributed by atoms with Crippen molar-refractivity contribution in [2.24, 2.45) is 0 Å². The van der Waals surface area contributed by atoms with Gasteiger partial charge in [-0.05, 0) is 228 Å². The molecule has 0 aliphatic carbocycles. The highest BCUT2D eigenvalue weighted by atomic mass is 32.2. The Balaban J connectivity index is 2.42. The number of hydrogen-bond donors (Lipinski definition) is 0. The molecule has 0 unspecified atom stereocenters. The maximum absolute atomic E-state index is 3.17. The summed E-state index contributed by atoms with van der Waals surface area (Å²) in [6, 6.07) is 22.1. The van der Waals surface area contributed by atoms with Crippen LogP contribution in [-0.4, -0.2) is 106 Å². The SMILES string of the molecule is CC(C)c1cc(C(C)C)c([Si](c2c(C(C)C)cc(C(C)C)cc2C(C)C)(N(C)C)P2[Si](C)(N(C)C)P([Si](c3c(C(C)C)cc(C(C)C)cc3C(C)C)(c3c(C(C)C)cc(C(C)C)cc3C(C)C)N(C)C)[Si]2(C)N(C)C)c(C(C)C)c1. The Morgan fingerprint density at radius 2 is 0.400 bits per heavy atom. The molecule has 0 N–H and O–H groups in total. The van der Waals surface area contributed by atoms with Crippen LogP contribution in [0.3, 0.4) is 0 Å². The first-order valence-corrected chi connectivity index (χ1v) is 48.3. The van der Waals surface area contributed by atoms with E-state index in [1.54, 1.807) is 65.3 Å². The third-order valence-corrected chi connectivity index (χ3v) is 123. The summed E-state index contributed by atoms with van der Waals surface area (Å²) in [5.74, 6) is 4.67. The first-order chi connectivity index (χ1) is 36.7. The summed E-state index contributed by atoms with van der Waals surface area (Å²) in [6.07, 6.45) is 0. The van der Waals surface area contributed by atoms with Gasteiger partial charge in [0.2, 0.25) is 15.8 Å². The lowest BCUT2D eigenvalue weighted by Crippen LogP contribution is -2.87. The Bertz CT molecular complexity index is 2330. The van der Waals surface area contributed by atoms with Gasteiger partial charge in [-0.2, -0.15) is 0 Å². The molecule has 0 radical (unpaired) electrons. The molecule has 0 atom stereocenters. The minimum Gasteiger partial charge on any atom is -0.323 e. The van der Waals surface area contributed by atoms with Crippen LogP contribution in [0.1, 0.15) is 304 Å². The average Bonchev–Trinajstić information content (AvgIpc) is 3.34. The summed E-state index contributed by atoms with van der Waals surface area (Å²) >= 11 is 0. The predicted octanol–water partition coefficient (Wildman–Crippen LogP) is 18.3. The van der Waals surface area contributed by atoms with Crippen LogP contribution in [0, 0.1) is 0 Å². The number of rotatable bonds is 22. The van der Waals surface area contributed by atoms with Gasteiger partial charge in [0.15, 0.2) is 15.1 Å². The molecule has 1 heterocycles. The van der Waals surface area contributed by atoms with Gasteiger partial charge in [-0.1, -0.05) is 228 Å². The third kappa shape index (κ3) is 11.5. The van der Waals surface area contributed by atoms with E-state index in [0.717, 1.165) is 0 Å². The van der Waals surface area contributed by atoms with Crippen molar-refractivity contribution in [2.45, 2.75) is 250 Å². The second-order valence-electron chi connectivity index (χ2n) is 29.7. The highest BCUT2D eigenvalue weighted by Gasteiger charge is 2.84. The fraction of sp³-hybridized carbons (Fsp3) is 0.657. The Morgan fingerprint density at radius 3 is 0.487 bits per heavy atom. The van der Waals surface area contributed by atoms with Crippen LogP contribution in [-0.2, 0) is 0 Å². The van der Waals surface area contributed by atoms with Gasteiger partial charge in [-0.25, -0.2) is 0 Å². The molecule has 448 valence electrons. The molecule has 0 saturated carbocycles. The van der Waals surface area contributed by atoms with Crippen molar-refractivity contribution in [3.05, 3.63) is 115 Å².